The average molecular weight is 370 g/mol. The Morgan fingerprint density at radius 1 is 1.08 bits per heavy atom. The van der Waals surface area contributed by atoms with E-state index in [-0.39, 0.29) is 29.6 Å². The van der Waals surface area contributed by atoms with Gasteiger partial charge in [0.1, 0.15) is 0 Å². The zero-order valence-corrected chi connectivity index (χ0v) is 17.0. The maximum Gasteiger partial charge on any atom is 0.253 e. The summed E-state index contributed by atoms with van der Waals surface area (Å²) in [5.41, 5.74) is 6.81. The van der Waals surface area contributed by atoms with Crippen LogP contribution in [0.25, 0.3) is 0 Å². The Labute approximate surface area is 157 Å². The predicted octanol–water partition coefficient (Wildman–Crippen LogP) is 2.83. The van der Waals surface area contributed by atoms with E-state index >= 15 is 0 Å². The van der Waals surface area contributed by atoms with Crippen molar-refractivity contribution in [2.45, 2.75) is 41.2 Å². The lowest BCUT2D eigenvalue weighted by Crippen LogP contribution is -2.39. The van der Waals surface area contributed by atoms with Gasteiger partial charge in [0.15, 0.2) is 0 Å². The molecule has 6 heteroatoms. The summed E-state index contributed by atoms with van der Waals surface area (Å²) >= 11 is 0. The van der Waals surface area contributed by atoms with Crippen molar-refractivity contribution in [1.29, 1.82) is 0 Å². The number of carbonyl (C=O) groups excluding carboxylic acids is 2. The Bertz CT molecular complexity index is 577. The zero-order chi connectivity index (χ0) is 18.5. The van der Waals surface area contributed by atoms with E-state index in [0.29, 0.717) is 25.2 Å². The lowest BCUT2D eigenvalue weighted by Gasteiger charge is -2.29. The van der Waals surface area contributed by atoms with E-state index in [1.807, 2.05) is 46.8 Å². The van der Waals surface area contributed by atoms with Crippen LogP contribution in [0.2, 0.25) is 0 Å². The van der Waals surface area contributed by atoms with Gasteiger partial charge in [0, 0.05) is 31.1 Å². The standard InChI is InChI=1S/C19H31N3O2.ClH/c1-18(2,3)17(24)21-11-14-7-9-15(10-8-14)16(23)22(6)13-19(4,5)12-20;/h7-10H,11-13,20H2,1-6H3,(H,21,24);1H. The molecular formula is C19H32ClN3O2. The monoisotopic (exact) mass is 369 g/mol. The molecule has 3 N–H and O–H groups in total. The van der Waals surface area contributed by atoms with Gasteiger partial charge in [-0.15, -0.1) is 12.4 Å². The van der Waals surface area contributed by atoms with Crippen molar-refractivity contribution in [2.75, 3.05) is 20.1 Å². The minimum atomic E-state index is -0.408. The SMILES string of the molecule is CN(CC(C)(C)CN)C(=O)c1ccc(CNC(=O)C(C)(C)C)cc1.Cl. The summed E-state index contributed by atoms with van der Waals surface area (Å²) in [6.07, 6.45) is 0. The van der Waals surface area contributed by atoms with Crippen molar-refractivity contribution >= 4 is 24.2 Å². The third-order valence-corrected chi connectivity index (χ3v) is 3.90. The van der Waals surface area contributed by atoms with Crippen molar-refractivity contribution < 1.29 is 9.59 Å². The molecule has 5 nitrogen and oxygen atoms in total. The van der Waals surface area contributed by atoms with Crippen molar-refractivity contribution in [2.24, 2.45) is 16.6 Å². The van der Waals surface area contributed by atoms with Gasteiger partial charge in [-0.2, -0.15) is 0 Å². The number of nitrogens with zero attached hydrogens (tertiary/aromatic N) is 1. The predicted molar refractivity (Wildman–Crippen MR) is 105 cm³/mol. The first-order valence-electron chi connectivity index (χ1n) is 8.29. The van der Waals surface area contributed by atoms with Gasteiger partial charge >= 0.3 is 0 Å². The van der Waals surface area contributed by atoms with Crippen molar-refractivity contribution in [3.05, 3.63) is 35.4 Å². The Kier molecular flexibility index (Phi) is 8.62. The van der Waals surface area contributed by atoms with Crippen LogP contribution in [0.3, 0.4) is 0 Å². The van der Waals surface area contributed by atoms with Crippen LogP contribution in [-0.2, 0) is 11.3 Å². The number of hydrogen-bond acceptors (Lipinski definition) is 3. The van der Waals surface area contributed by atoms with Crippen LogP contribution in [0, 0.1) is 10.8 Å². The van der Waals surface area contributed by atoms with Gasteiger partial charge in [-0.3, -0.25) is 9.59 Å². The van der Waals surface area contributed by atoms with E-state index in [1.165, 1.54) is 0 Å². The first-order valence-corrected chi connectivity index (χ1v) is 8.29. The number of nitrogens with one attached hydrogen (secondary N) is 1. The van der Waals surface area contributed by atoms with Crippen LogP contribution in [-0.4, -0.2) is 36.9 Å². The fourth-order valence-electron chi connectivity index (χ4n) is 2.21. The molecule has 0 radical (unpaired) electrons. The normalized spacial score (nSPS) is 11.5. The summed E-state index contributed by atoms with van der Waals surface area (Å²) in [6, 6.07) is 7.34. The van der Waals surface area contributed by atoms with Crippen LogP contribution in [0.15, 0.2) is 24.3 Å². The summed E-state index contributed by atoms with van der Waals surface area (Å²) in [6.45, 7) is 11.3. The number of nitrogens with two attached hydrogens (primary N) is 1. The third kappa shape index (κ3) is 7.45. The maximum absolute atomic E-state index is 12.5. The van der Waals surface area contributed by atoms with E-state index in [2.05, 4.69) is 5.32 Å². The molecule has 0 spiro atoms. The van der Waals surface area contributed by atoms with Crippen molar-refractivity contribution in [1.82, 2.24) is 10.2 Å². The maximum atomic E-state index is 12.5. The second-order valence-corrected chi connectivity index (χ2v) is 8.16. The fourth-order valence-corrected chi connectivity index (χ4v) is 2.21. The summed E-state index contributed by atoms with van der Waals surface area (Å²) < 4.78 is 0. The highest BCUT2D eigenvalue weighted by Crippen LogP contribution is 2.16. The molecule has 0 atom stereocenters. The highest BCUT2D eigenvalue weighted by molar-refractivity contribution is 5.94. The lowest BCUT2D eigenvalue weighted by molar-refractivity contribution is -0.128. The van der Waals surface area contributed by atoms with E-state index in [9.17, 15) is 9.59 Å². The number of carbonyl (C=O) groups is 2. The molecule has 1 aromatic rings. The molecule has 0 aliphatic rings. The quantitative estimate of drug-likeness (QED) is 0.809. The van der Waals surface area contributed by atoms with Gasteiger partial charge in [0.25, 0.3) is 5.91 Å². The molecule has 25 heavy (non-hydrogen) atoms. The molecule has 1 rings (SSSR count). The number of amides is 2. The highest BCUT2D eigenvalue weighted by Gasteiger charge is 2.22. The van der Waals surface area contributed by atoms with Gasteiger partial charge < -0.3 is 16.0 Å². The average Bonchev–Trinajstić information content (AvgIpc) is 2.51. The van der Waals surface area contributed by atoms with E-state index in [1.54, 1.807) is 24.1 Å². The topological polar surface area (TPSA) is 75.4 Å². The molecule has 0 heterocycles. The summed E-state index contributed by atoms with van der Waals surface area (Å²) in [7, 11) is 1.79. The van der Waals surface area contributed by atoms with Gasteiger partial charge in [0.2, 0.25) is 5.91 Å². The molecular weight excluding hydrogens is 338 g/mol. The largest absolute Gasteiger partial charge is 0.352 e. The highest BCUT2D eigenvalue weighted by atomic mass is 35.5. The molecule has 0 aromatic heterocycles. The molecule has 0 bridgehead atoms. The van der Waals surface area contributed by atoms with Gasteiger partial charge in [0.05, 0.1) is 0 Å². The van der Waals surface area contributed by atoms with Crippen molar-refractivity contribution in [3.8, 4) is 0 Å². The molecule has 0 unspecified atom stereocenters. The van der Waals surface area contributed by atoms with Gasteiger partial charge in [-0.1, -0.05) is 46.8 Å². The van der Waals surface area contributed by atoms with Crippen LogP contribution in [0.5, 0.6) is 0 Å². The number of hydrogen-bond donors (Lipinski definition) is 2. The number of rotatable bonds is 6. The summed E-state index contributed by atoms with van der Waals surface area (Å²) in [5, 5.41) is 2.90. The smallest absolute Gasteiger partial charge is 0.253 e. The van der Waals surface area contributed by atoms with E-state index in [0.717, 1.165) is 5.56 Å². The van der Waals surface area contributed by atoms with Crippen LogP contribution in [0.4, 0.5) is 0 Å². The minimum absolute atomic E-state index is 0. The molecule has 0 aliphatic heterocycles. The second kappa shape index (κ2) is 9.20. The van der Waals surface area contributed by atoms with Gasteiger partial charge in [-0.05, 0) is 29.7 Å². The Hall–Kier alpha value is -1.59. The molecule has 0 aliphatic carbocycles. The third-order valence-electron chi connectivity index (χ3n) is 3.90. The molecule has 2 amide bonds. The fraction of sp³-hybridized carbons (Fsp3) is 0.579. The molecule has 0 saturated heterocycles. The molecule has 0 fully saturated rings. The number of benzene rings is 1. The lowest BCUT2D eigenvalue weighted by atomic mass is 9.93. The van der Waals surface area contributed by atoms with Crippen LogP contribution in [0.1, 0.15) is 50.5 Å². The first kappa shape index (κ1) is 23.4. The van der Waals surface area contributed by atoms with E-state index < -0.39 is 5.41 Å². The Morgan fingerprint density at radius 3 is 2.04 bits per heavy atom. The molecule has 0 saturated carbocycles. The minimum Gasteiger partial charge on any atom is -0.352 e. The van der Waals surface area contributed by atoms with Crippen LogP contribution < -0.4 is 11.1 Å². The molecule has 1 aromatic carbocycles. The molecule has 142 valence electrons. The van der Waals surface area contributed by atoms with Gasteiger partial charge in [-0.25, -0.2) is 0 Å². The second-order valence-electron chi connectivity index (χ2n) is 8.16. The summed E-state index contributed by atoms with van der Waals surface area (Å²) in [4.78, 5) is 26.0. The van der Waals surface area contributed by atoms with Crippen LogP contribution >= 0.6 is 12.4 Å². The van der Waals surface area contributed by atoms with Crippen molar-refractivity contribution in [3.63, 3.8) is 0 Å². The Morgan fingerprint density at radius 2 is 1.60 bits per heavy atom. The van der Waals surface area contributed by atoms with E-state index in [4.69, 9.17) is 5.73 Å². The Balaban J connectivity index is 0.00000576. The first-order chi connectivity index (χ1) is 11.0. The number of halogens is 1. The zero-order valence-electron chi connectivity index (χ0n) is 16.2. The summed E-state index contributed by atoms with van der Waals surface area (Å²) in [5.74, 6) is -0.0202.